The molecule has 0 bridgehead atoms. The van der Waals surface area contributed by atoms with Gasteiger partial charge in [0.05, 0.1) is 5.33 Å². The summed E-state index contributed by atoms with van der Waals surface area (Å²) in [5.74, 6) is 6.63. The lowest BCUT2D eigenvalue weighted by molar-refractivity contribution is -0.127. The average molecular weight is 381 g/mol. The van der Waals surface area contributed by atoms with Crippen molar-refractivity contribution in [3.8, 4) is 0 Å². The third kappa shape index (κ3) is 2.57. The molecule has 4 aliphatic rings. The summed E-state index contributed by atoms with van der Waals surface area (Å²) in [5, 5.41) is 0.566. The van der Waals surface area contributed by atoms with E-state index in [2.05, 4.69) is 29.8 Å². The fourth-order valence-electron chi connectivity index (χ4n) is 7.71. The molecule has 0 aliphatic heterocycles. The van der Waals surface area contributed by atoms with Gasteiger partial charge in [-0.3, -0.25) is 4.79 Å². The molecule has 0 N–H and O–H groups in total. The highest BCUT2D eigenvalue weighted by molar-refractivity contribution is 9.09. The number of Topliss-reactive ketones (excluding diaryl/α,β-unsaturated/α-hetero) is 1. The molecule has 1 nitrogen and oxygen atoms in total. The first-order valence-corrected chi connectivity index (χ1v) is 11.3. The molecule has 0 amide bonds. The summed E-state index contributed by atoms with van der Waals surface area (Å²) in [6.07, 6.45) is 12.7. The van der Waals surface area contributed by atoms with Crippen LogP contribution in [0.4, 0.5) is 0 Å². The average Bonchev–Trinajstić information content (AvgIpc) is 2.90. The quantitative estimate of drug-likeness (QED) is 0.548. The Labute approximate surface area is 150 Å². The second-order valence-corrected chi connectivity index (χ2v) is 10.2. The van der Waals surface area contributed by atoms with Crippen LogP contribution in [-0.2, 0) is 4.79 Å². The fourth-order valence-corrected chi connectivity index (χ4v) is 8.10. The minimum Gasteiger partial charge on any atom is -0.298 e. The van der Waals surface area contributed by atoms with Crippen LogP contribution in [0, 0.1) is 46.8 Å². The normalized spacial score (nSPS) is 52.4. The Hall–Kier alpha value is 0.150. The van der Waals surface area contributed by atoms with Gasteiger partial charge in [-0.2, -0.15) is 0 Å². The molecule has 4 aliphatic carbocycles. The standard InChI is InChI=1S/C21H33BrO/c1-13-3-5-15-14(11-13)4-6-17-16(15)9-10-21(2)18(17)7-8-19(21)20(23)12-22/h13-19H,3-12H2,1-2H3/t13-,14+,15-,16?,17+,18?,19+,21-/m0/s1. The molecule has 0 spiro atoms. The van der Waals surface area contributed by atoms with Gasteiger partial charge in [0.1, 0.15) is 5.78 Å². The van der Waals surface area contributed by atoms with Gasteiger partial charge in [-0.1, -0.05) is 36.2 Å². The van der Waals surface area contributed by atoms with E-state index in [1.54, 1.807) is 0 Å². The number of ketones is 1. The van der Waals surface area contributed by atoms with Crippen molar-refractivity contribution < 1.29 is 4.79 Å². The van der Waals surface area contributed by atoms with Crippen molar-refractivity contribution in [1.29, 1.82) is 0 Å². The molecule has 0 saturated heterocycles. The number of hydrogen-bond acceptors (Lipinski definition) is 1. The predicted molar refractivity (Wildman–Crippen MR) is 98.6 cm³/mol. The number of carbonyl (C=O) groups is 1. The smallest absolute Gasteiger partial charge is 0.147 e. The van der Waals surface area contributed by atoms with Crippen LogP contribution in [0.2, 0.25) is 0 Å². The van der Waals surface area contributed by atoms with E-state index in [1.165, 1.54) is 57.8 Å². The van der Waals surface area contributed by atoms with Crippen molar-refractivity contribution in [3.63, 3.8) is 0 Å². The second kappa shape index (κ2) is 6.15. The third-order valence-electron chi connectivity index (χ3n) is 8.74. The first-order chi connectivity index (χ1) is 11.0. The summed E-state index contributed by atoms with van der Waals surface area (Å²) < 4.78 is 0. The van der Waals surface area contributed by atoms with E-state index in [1.807, 2.05) is 0 Å². The van der Waals surface area contributed by atoms with Gasteiger partial charge >= 0.3 is 0 Å². The molecule has 2 unspecified atom stereocenters. The monoisotopic (exact) mass is 380 g/mol. The molecule has 0 aromatic heterocycles. The predicted octanol–water partition coefficient (Wildman–Crippen LogP) is 5.86. The van der Waals surface area contributed by atoms with Crippen LogP contribution in [0.1, 0.15) is 71.6 Å². The number of halogens is 1. The highest BCUT2D eigenvalue weighted by atomic mass is 79.9. The lowest BCUT2D eigenvalue weighted by Gasteiger charge is -2.56. The summed E-state index contributed by atoms with van der Waals surface area (Å²) in [4.78, 5) is 12.5. The van der Waals surface area contributed by atoms with Gasteiger partial charge in [0, 0.05) is 5.92 Å². The zero-order chi connectivity index (χ0) is 16.2. The van der Waals surface area contributed by atoms with E-state index < -0.39 is 0 Å². The molecule has 4 saturated carbocycles. The number of alkyl halides is 1. The Morgan fingerprint density at radius 2 is 1.78 bits per heavy atom. The Kier molecular flexibility index (Phi) is 4.44. The highest BCUT2D eigenvalue weighted by Gasteiger charge is 2.57. The zero-order valence-corrected chi connectivity index (χ0v) is 16.5. The topological polar surface area (TPSA) is 17.1 Å². The summed E-state index contributed by atoms with van der Waals surface area (Å²) in [6.45, 7) is 4.94. The first-order valence-electron chi connectivity index (χ1n) is 10.1. The van der Waals surface area contributed by atoms with Crippen molar-refractivity contribution >= 4 is 21.7 Å². The summed E-state index contributed by atoms with van der Waals surface area (Å²) >= 11 is 3.44. The molecule has 2 heteroatoms. The van der Waals surface area contributed by atoms with Gasteiger partial charge < -0.3 is 0 Å². The van der Waals surface area contributed by atoms with Crippen LogP contribution in [0.15, 0.2) is 0 Å². The highest BCUT2D eigenvalue weighted by Crippen LogP contribution is 2.64. The van der Waals surface area contributed by atoms with Gasteiger partial charge in [0.25, 0.3) is 0 Å². The molecule has 8 atom stereocenters. The van der Waals surface area contributed by atoms with E-state index >= 15 is 0 Å². The Morgan fingerprint density at radius 3 is 2.57 bits per heavy atom. The SMILES string of the molecule is C[C@H]1CC[C@@H]2C3CC[C@@]4(C)C(CC[C@@H]4C(=O)CBr)[C@@H]3CC[C@@H]2C1. The van der Waals surface area contributed by atoms with E-state index in [0.29, 0.717) is 22.4 Å². The molecule has 0 heterocycles. The maximum Gasteiger partial charge on any atom is 0.147 e. The summed E-state index contributed by atoms with van der Waals surface area (Å²) in [7, 11) is 0. The van der Waals surface area contributed by atoms with Crippen molar-refractivity contribution in [2.24, 2.45) is 46.8 Å². The van der Waals surface area contributed by atoms with E-state index in [4.69, 9.17) is 0 Å². The largest absolute Gasteiger partial charge is 0.298 e. The molecule has 0 aromatic carbocycles. The fraction of sp³-hybridized carbons (Fsp3) is 0.952. The number of rotatable bonds is 2. The first kappa shape index (κ1) is 16.6. The van der Waals surface area contributed by atoms with Gasteiger partial charge in [-0.25, -0.2) is 0 Å². The van der Waals surface area contributed by atoms with Crippen LogP contribution >= 0.6 is 15.9 Å². The van der Waals surface area contributed by atoms with Crippen molar-refractivity contribution in [2.45, 2.75) is 71.6 Å². The van der Waals surface area contributed by atoms with Crippen LogP contribution in [0.5, 0.6) is 0 Å². The van der Waals surface area contributed by atoms with Crippen LogP contribution in [0.3, 0.4) is 0 Å². The van der Waals surface area contributed by atoms with Crippen molar-refractivity contribution in [3.05, 3.63) is 0 Å². The van der Waals surface area contributed by atoms with E-state index in [-0.39, 0.29) is 0 Å². The van der Waals surface area contributed by atoms with Gasteiger partial charge in [0.2, 0.25) is 0 Å². The van der Waals surface area contributed by atoms with Crippen molar-refractivity contribution in [1.82, 2.24) is 0 Å². The molecule has 23 heavy (non-hydrogen) atoms. The van der Waals surface area contributed by atoms with Crippen LogP contribution in [-0.4, -0.2) is 11.1 Å². The minimum absolute atomic E-state index is 0.320. The maximum atomic E-state index is 12.5. The Morgan fingerprint density at radius 1 is 1.00 bits per heavy atom. The second-order valence-electron chi connectivity index (χ2n) is 9.63. The Balaban J connectivity index is 1.55. The lowest BCUT2D eigenvalue weighted by atomic mass is 9.49. The summed E-state index contributed by atoms with van der Waals surface area (Å²) in [5.41, 5.74) is 0.320. The third-order valence-corrected chi connectivity index (χ3v) is 9.29. The molecular formula is C21H33BrO. The molecule has 130 valence electrons. The molecular weight excluding hydrogens is 348 g/mol. The Bertz CT molecular complexity index is 474. The molecule has 0 aromatic rings. The van der Waals surface area contributed by atoms with Crippen molar-refractivity contribution in [2.75, 3.05) is 5.33 Å². The zero-order valence-electron chi connectivity index (χ0n) is 14.9. The molecule has 0 radical (unpaired) electrons. The van der Waals surface area contributed by atoms with E-state index in [0.717, 1.165) is 35.5 Å². The lowest BCUT2D eigenvalue weighted by Crippen LogP contribution is -2.49. The van der Waals surface area contributed by atoms with Gasteiger partial charge in [-0.15, -0.1) is 0 Å². The minimum atomic E-state index is 0.320. The number of carbonyl (C=O) groups excluding carboxylic acids is 1. The molecule has 4 fully saturated rings. The maximum absolute atomic E-state index is 12.5. The van der Waals surface area contributed by atoms with E-state index in [9.17, 15) is 4.79 Å². The summed E-state index contributed by atoms with van der Waals surface area (Å²) in [6, 6.07) is 0. The van der Waals surface area contributed by atoms with Crippen LogP contribution in [0.25, 0.3) is 0 Å². The van der Waals surface area contributed by atoms with Gasteiger partial charge in [-0.05, 0) is 92.3 Å². The molecule has 4 rings (SSSR count). The number of hydrogen-bond donors (Lipinski definition) is 0. The number of fused-ring (bicyclic) bond motifs is 5. The van der Waals surface area contributed by atoms with Crippen LogP contribution < -0.4 is 0 Å². The van der Waals surface area contributed by atoms with Gasteiger partial charge in [0.15, 0.2) is 0 Å².